The number of hydrogen-bond acceptors (Lipinski definition) is 8. The van der Waals surface area contributed by atoms with Crippen LogP contribution in [0.5, 0.6) is 23.0 Å². The van der Waals surface area contributed by atoms with Crippen molar-refractivity contribution in [1.82, 2.24) is 0 Å². The van der Waals surface area contributed by atoms with Crippen molar-refractivity contribution in [2.24, 2.45) is 16.8 Å². The monoisotopic (exact) mass is 710 g/mol. The van der Waals surface area contributed by atoms with Gasteiger partial charge in [-0.15, -0.1) is 0 Å². The van der Waals surface area contributed by atoms with Crippen LogP contribution in [0.2, 0.25) is 0 Å². The number of carbonyl (C=O) groups is 2. The van der Waals surface area contributed by atoms with Crippen LogP contribution < -0.4 is 24.7 Å². The number of alkyl halides is 1. The maximum atomic E-state index is 15.0. The van der Waals surface area contributed by atoms with Crippen LogP contribution in [0.3, 0.4) is 0 Å². The molecule has 0 fully saturated rings. The van der Waals surface area contributed by atoms with Crippen LogP contribution in [0, 0.1) is 5.92 Å². The number of hydrogen-bond donors (Lipinski definition) is 1. The Balaban J connectivity index is 1.39. The molecule has 0 aromatic heterocycles. The Morgan fingerprint density at radius 1 is 0.824 bits per heavy atom. The molecule has 0 amide bonds. The molecule has 270 valence electrons. The summed E-state index contributed by atoms with van der Waals surface area (Å²) in [5.74, 6) is -13.9. The lowest BCUT2D eigenvalue weighted by molar-refractivity contribution is -0.143. The van der Waals surface area contributed by atoms with Gasteiger partial charge in [-0.1, -0.05) is 63.3 Å². The predicted octanol–water partition coefficient (Wildman–Crippen LogP) is 9.56. The maximum Gasteiger partial charge on any atom is 0.347 e. The van der Waals surface area contributed by atoms with Crippen molar-refractivity contribution in [3.8, 4) is 34.1 Å². The van der Waals surface area contributed by atoms with Crippen molar-refractivity contribution in [1.29, 1.82) is 0 Å². The first-order chi connectivity index (χ1) is 24.6. The highest BCUT2D eigenvalue weighted by atomic mass is 19.2. The van der Waals surface area contributed by atoms with Gasteiger partial charge >= 0.3 is 11.9 Å². The second kappa shape index (κ2) is 18.6. The van der Waals surface area contributed by atoms with Gasteiger partial charge in [-0.2, -0.15) is 0 Å². The van der Waals surface area contributed by atoms with Crippen LogP contribution in [0.4, 0.5) is 17.6 Å². The van der Waals surface area contributed by atoms with Gasteiger partial charge in [0.15, 0.2) is 17.6 Å². The minimum Gasteiger partial charge on any atom is -0.493 e. The number of esters is 2. The predicted molar refractivity (Wildman–Crippen MR) is 182 cm³/mol. The molecule has 14 heteroatoms. The summed E-state index contributed by atoms with van der Waals surface area (Å²) < 4.78 is 79.7. The zero-order valence-electron chi connectivity index (χ0n) is 28.0. The molecule has 0 saturated heterocycles. The Labute approximate surface area is 292 Å². The summed E-state index contributed by atoms with van der Waals surface area (Å²) in [5, 5.41) is 2.55. The van der Waals surface area contributed by atoms with Gasteiger partial charge in [0.1, 0.15) is 34.4 Å². The quantitative estimate of drug-likeness (QED) is 0.0202. The Kier molecular flexibility index (Phi) is 14.0. The highest BCUT2D eigenvalue weighted by molar-refractivity contribution is 5.94. The maximum absolute atomic E-state index is 15.0. The number of ether oxygens (including phenoxy) is 4. The summed E-state index contributed by atoms with van der Waals surface area (Å²) in [5.41, 5.74) is 15.7. The number of nitrogens with zero attached hydrogens (tertiary/aromatic N) is 3. The van der Waals surface area contributed by atoms with Crippen molar-refractivity contribution in [3.05, 3.63) is 106 Å². The third-order valence-corrected chi connectivity index (χ3v) is 7.90. The molecular formula is C37H38F4N4O6. The van der Waals surface area contributed by atoms with Gasteiger partial charge in [0.25, 0.3) is 5.79 Å². The number of benzene rings is 3. The zero-order chi connectivity index (χ0) is 36.8. The minimum atomic E-state index is -3.85. The van der Waals surface area contributed by atoms with E-state index in [0.717, 1.165) is 12.8 Å². The summed E-state index contributed by atoms with van der Waals surface area (Å²) >= 11 is 0. The molecule has 1 aliphatic rings. The molecule has 0 heterocycles. The molecular weight excluding hydrogens is 672 g/mol. The van der Waals surface area contributed by atoms with Crippen molar-refractivity contribution in [2.75, 3.05) is 19.8 Å². The number of nitrogens with two attached hydrogens (primary N) is 1. The Bertz CT molecular complexity index is 1780. The molecule has 2 atom stereocenters. The highest BCUT2D eigenvalue weighted by Gasteiger charge is 2.54. The van der Waals surface area contributed by atoms with Crippen LogP contribution in [-0.4, -0.2) is 37.5 Å². The second-order valence-corrected chi connectivity index (χ2v) is 11.6. The van der Waals surface area contributed by atoms with Crippen molar-refractivity contribution in [3.63, 3.8) is 0 Å². The van der Waals surface area contributed by atoms with Crippen LogP contribution in [0.1, 0.15) is 62.2 Å². The summed E-state index contributed by atoms with van der Waals surface area (Å²) in [6.45, 7) is 3.46. The van der Waals surface area contributed by atoms with Gasteiger partial charge < -0.3 is 24.7 Å². The summed E-state index contributed by atoms with van der Waals surface area (Å²) in [7, 11) is 0. The van der Waals surface area contributed by atoms with Crippen LogP contribution in [0.15, 0.2) is 95.4 Å². The molecule has 3 aromatic rings. The number of carbonyl (C=O) groups excluding carboxylic acids is 2. The molecule has 2 N–H and O–H groups in total. The van der Waals surface area contributed by atoms with E-state index in [-0.39, 0.29) is 23.1 Å². The average molecular weight is 711 g/mol. The van der Waals surface area contributed by atoms with Crippen LogP contribution >= 0.6 is 0 Å². The number of unbranched alkanes of at least 4 members (excludes halogenated alkanes) is 5. The summed E-state index contributed by atoms with van der Waals surface area (Å²) in [6.07, 6.45) is 7.25. The molecule has 0 saturated carbocycles. The molecule has 10 nitrogen and oxygen atoms in total. The van der Waals surface area contributed by atoms with E-state index in [1.807, 2.05) is 0 Å². The summed E-state index contributed by atoms with van der Waals surface area (Å²) in [4.78, 5) is 27.9. The third kappa shape index (κ3) is 10.1. The number of azide groups is 1. The van der Waals surface area contributed by atoms with Gasteiger partial charge in [0.2, 0.25) is 0 Å². The van der Waals surface area contributed by atoms with Gasteiger partial charge in [-0.25, -0.2) is 22.4 Å². The second-order valence-electron chi connectivity index (χ2n) is 11.6. The number of allylic oxidation sites excluding steroid dienone is 2. The summed E-state index contributed by atoms with van der Waals surface area (Å²) in [6, 6.07) is 17.0. The molecule has 3 aromatic carbocycles. The van der Waals surface area contributed by atoms with Crippen molar-refractivity contribution >= 4 is 11.9 Å². The molecule has 0 aliphatic heterocycles. The van der Waals surface area contributed by atoms with Gasteiger partial charge in [-0.3, -0.25) is 4.79 Å². The highest BCUT2D eigenvalue weighted by Crippen LogP contribution is 2.45. The van der Waals surface area contributed by atoms with Gasteiger partial charge in [0, 0.05) is 17.1 Å². The molecule has 2 unspecified atom stereocenters. The van der Waals surface area contributed by atoms with E-state index in [4.69, 9.17) is 30.2 Å². The molecule has 4 rings (SSSR count). The fourth-order valence-corrected chi connectivity index (χ4v) is 5.14. The first-order valence-corrected chi connectivity index (χ1v) is 16.5. The van der Waals surface area contributed by atoms with Gasteiger partial charge in [-0.05, 0) is 77.6 Å². The van der Waals surface area contributed by atoms with E-state index in [0.29, 0.717) is 48.8 Å². The van der Waals surface area contributed by atoms with E-state index in [9.17, 15) is 22.8 Å². The average Bonchev–Trinajstić information content (AvgIpc) is 3.11. The Morgan fingerprint density at radius 2 is 1.41 bits per heavy atom. The molecule has 51 heavy (non-hydrogen) atoms. The third-order valence-electron chi connectivity index (χ3n) is 7.90. The fraction of sp³-hybridized carbons (Fsp3) is 0.351. The first kappa shape index (κ1) is 38.5. The molecule has 0 bridgehead atoms. The molecule has 1 aliphatic carbocycles. The topological polar surface area (TPSA) is 146 Å². The van der Waals surface area contributed by atoms with Crippen LogP contribution in [-0.2, 0) is 4.79 Å². The van der Waals surface area contributed by atoms with Crippen molar-refractivity contribution in [2.45, 2.75) is 57.7 Å². The Hall–Kier alpha value is -5.33. The first-order valence-electron chi connectivity index (χ1n) is 16.5. The normalized spacial score (nSPS) is 16.9. The molecule has 0 spiro atoms. The SMILES string of the molecule is CCCCCCCCOc1ccc(C(=O)Oc2ccc(-c3ccc(OC(=O)C4C(F)=C(F)C=C(F)C4(F)N=[N+]=[N-])cc3)cc2)c(OCCCN)c1. The lowest BCUT2D eigenvalue weighted by Crippen LogP contribution is -2.42. The molecule has 0 radical (unpaired) electrons. The van der Waals surface area contributed by atoms with E-state index in [1.54, 1.807) is 42.5 Å². The fourth-order valence-electron chi connectivity index (χ4n) is 5.14. The number of halogens is 4. The Morgan fingerprint density at radius 3 is 2.04 bits per heavy atom. The van der Waals surface area contributed by atoms with E-state index < -0.39 is 41.1 Å². The smallest absolute Gasteiger partial charge is 0.347 e. The van der Waals surface area contributed by atoms with E-state index in [2.05, 4.69) is 16.9 Å². The minimum absolute atomic E-state index is 0.143. The van der Waals surface area contributed by atoms with Crippen LogP contribution in [0.25, 0.3) is 21.6 Å². The lowest BCUT2D eigenvalue weighted by atomic mass is 9.90. The lowest BCUT2D eigenvalue weighted by Gasteiger charge is -2.28. The number of rotatable bonds is 18. The van der Waals surface area contributed by atoms with Crippen molar-refractivity contribution < 1.29 is 46.1 Å². The van der Waals surface area contributed by atoms with E-state index >= 15 is 4.39 Å². The zero-order valence-corrected chi connectivity index (χ0v) is 28.0. The largest absolute Gasteiger partial charge is 0.493 e. The van der Waals surface area contributed by atoms with Gasteiger partial charge in [0.05, 0.1) is 13.2 Å². The van der Waals surface area contributed by atoms with E-state index in [1.165, 1.54) is 49.9 Å². The standard InChI is InChI=1S/C37H38F4N4O6/c1-2-3-4-5-6-7-20-48-28-17-18-29(31(22-28)49-21-8-19-42)35(46)50-26-13-9-24(10-14-26)25-11-15-27(16-12-25)51-36(47)33-34(40)30(38)23-32(39)37(33,41)44-45-43/h9-18,22-23,33H,2-8,19-21,42H2,1H3.